The lowest BCUT2D eigenvalue weighted by Crippen LogP contribution is -2.17. The highest BCUT2D eigenvalue weighted by Gasteiger charge is 2.01. The van der Waals surface area contributed by atoms with Crippen molar-refractivity contribution < 1.29 is 9.53 Å². The molecule has 0 heterocycles. The third-order valence-corrected chi connectivity index (χ3v) is 3.82. The number of hydrogen-bond donors (Lipinski definition) is 1. The molecule has 3 aromatic carbocycles. The van der Waals surface area contributed by atoms with Gasteiger partial charge in [0.05, 0.1) is 6.21 Å². The zero-order chi connectivity index (χ0) is 18.2. The van der Waals surface area contributed by atoms with Gasteiger partial charge in [-0.25, -0.2) is 5.43 Å². The third kappa shape index (κ3) is 5.05. The lowest BCUT2D eigenvalue weighted by molar-refractivity contribution is 0.0955. The molecule has 0 bridgehead atoms. The highest BCUT2D eigenvalue weighted by Crippen LogP contribution is 2.14. The van der Waals surface area contributed by atoms with Crippen molar-refractivity contribution in [3.05, 3.63) is 101 Å². The predicted molar refractivity (Wildman–Crippen MR) is 103 cm³/mol. The standard InChI is InChI=1S/C22H20N2O2/c1-17-7-9-19(10-8-17)16-26-21-13-11-18(12-14-21)15-23-24-22(25)20-5-3-2-4-6-20/h2-15H,16H2,1H3,(H,24,25)/b23-15-. The molecule has 0 saturated carbocycles. The van der Waals surface area contributed by atoms with Gasteiger partial charge in [0.15, 0.2) is 0 Å². The van der Waals surface area contributed by atoms with Gasteiger partial charge in [0.25, 0.3) is 5.91 Å². The molecule has 0 aliphatic carbocycles. The fourth-order valence-electron chi connectivity index (χ4n) is 2.32. The molecule has 0 atom stereocenters. The second-order valence-corrected chi connectivity index (χ2v) is 5.91. The topological polar surface area (TPSA) is 50.7 Å². The fraction of sp³-hybridized carbons (Fsp3) is 0.0909. The molecule has 0 saturated heterocycles. The third-order valence-electron chi connectivity index (χ3n) is 3.82. The molecule has 3 rings (SSSR count). The summed E-state index contributed by atoms with van der Waals surface area (Å²) in [5.74, 6) is 0.552. The molecule has 130 valence electrons. The maximum absolute atomic E-state index is 11.9. The van der Waals surface area contributed by atoms with Crippen LogP contribution < -0.4 is 10.2 Å². The van der Waals surface area contributed by atoms with Gasteiger partial charge in [-0.15, -0.1) is 0 Å². The quantitative estimate of drug-likeness (QED) is 0.534. The van der Waals surface area contributed by atoms with Gasteiger partial charge in [-0.1, -0.05) is 48.0 Å². The average molecular weight is 344 g/mol. The van der Waals surface area contributed by atoms with Crippen LogP contribution >= 0.6 is 0 Å². The van der Waals surface area contributed by atoms with Crippen LogP contribution in [-0.2, 0) is 6.61 Å². The fourth-order valence-corrected chi connectivity index (χ4v) is 2.32. The minimum absolute atomic E-state index is 0.236. The zero-order valence-corrected chi connectivity index (χ0v) is 14.6. The van der Waals surface area contributed by atoms with Crippen LogP contribution in [0.3, 0.4) is 0 Å². The number of benzene rings is 3. The Bertz CT molecular complexity index is 870. The van der Waals surface area contributed by atoms with E-state index in [4.69, 9.17) is 4.74 Å². The minimum Gasteiger partial charge on any atom is -0.489 e. The van der Waals surface area contributed by atoms with E-state index < -0.39 is 0 Å². The van der Waals surface area contributed by atoms with Gasteiger partial charge < -0.3 is 4.74 Å². The molecule has 1 amide bonds. The second kappa shape index (κ2) is 8.62. The first kappa shape index (κ1) is 17.4. The molecule has 3 aromatic rings. The number of hydrazone groups is 1. The van der Waals surface area contributed by atoms with E-state index in [-0.39, 0.29) is 5.91 Å². The Balaban J connectivity index is 1.51. The molecule has 4 heteroatoms. The lowest BCUT2D eigenvalue weighted by atomic mass is 10.2. The average Bonchev–Trinajstić information content (AvgIpc) is 2.69. The molecule has 0 fully saturated rings. The predicted octanol–water partition coefficient (Wildman–Crippen LogP) is 4.34. The molecular formula is C22H20N2O2. The summed E-state index contributed by atoms with van der Waals surface area (Å²) in [6, 6.07) is 24.8. The smallest absolute Gasteiger partial charge is 0.271 e. The van der Waals surface area contributed by atoms with Crippen molar-refractivity contribution >= 4 is 12.1 Å². The van der Waals surface area contributed by atoms with Gasteiger partial charge >= 0.3 is 0 Å². The van der Waals surface area contributed by atoms with Crippen molar-refractivity contribution in [1.82, 2.24) is 5.43 Å². The van der Waals surface area contributed by atoms with Crippen LogP contribution in [0.2, 0.25) is 0 Å². The Morgan fingerprint density at radius 3 is 2.35 bits per heavy atom. The van der Waals surface area contributed by atoms with E-state index in [1.807, 2.05) is 42.5 Å². The van der Waals surface area contributed by atoms with E-state index in [1.54, 1.807) is 18.3 Å². The Morgan fingerprint density at radius 1 is 0.962 bits per heavy atom. The van der Waals surface area contributed by atoms with E-state index in [2.05, 4.69) is 41.7 Å². The number of rotatable bonds is 6. The van der Waals surface area contributed by atoms with E-state index in [1.165, 1.54) is 5.56 Å². The number of hydrogen-bond acceptors (Lipinski definition) is 3. The number of carbonyl (C=O) groups is 1. The first-order valence-corrected chi connectivity index (χ1v) is 8.37. The molecule has 0 aliphatic heterocycles. The maximum atomic E-state index is 11.9. The van der Waals surface area contributed by atoms with Crippen LogP contribution in [-0.4, -0.2) is 12.1 Å². The van der Waals surface area contributed by atoms with Crippen LogP contribution in [0.15, 0.2) is 84.0 Å². The number of nitrogens with zero attached hydrogens (tertiary/aromatic N) is 1. The first-order valence-electron chi connectivity index (χ1n) is 8.37. The largest absolute Gasteiger partial charge is 0.489 e. The van der Waals surface area contributed by atoms with Gasteiger partial charge in [0, 0.05) is 5.56 Å². The van der Waals surface area contributed by atoms with Crippen LogP contribution in [0.4, 0.5) is 0 Å². The van der Waals surface area contributed by atoms with Crippen molar-refractivity contribution in [1.29, 1.82) is 0 Å². The lowest BCUT2D eigenvalue weighted by Gasteiger charge is -2.06. The normalized spacial score (nSPS) is 10.7. The Labute approximate surface area is 153 Å². The zero-order valence-electron chi connectivity index (χ0n) is 14.6. The highest BCUT2D eigenvalue weighted by atomic mass is 16.5. The number of ether oxygens (including phenoxy) is 1. The number of aryl methyl sites for hydroxylation is 1. The molecule has 0 aliphatic rings. The maximum Gasteiger partial charge on any atom is 0.271 e. The van der Waals surface area contributed by atoms with Crippen molar-refractivity contribution in [3.63, 3.8) is 0 Å². The summed E-state index contributed by atoms with van der Waals surface area (Å²) in [6.45, 7) is 2.59. The van der Waals surface area contributed by atoms with Crippen LogP contribution in [0.1, 0.15) is 27.0 Å². The summed E-state index contributed by atoms with van der Waals surface area (Å²) in [6.07, 6.45) is 1.60. The summed E-state index contributed by atoms with van der Waals surface area (Å²) in [7, 11) is 0. The van der Waals surface area contributed by atoms with Crippen molar-refractivity contribution in [2.24, 2.45) is 5.10 Å². The summed E-state index contributed by atoms with van der Waals surface area (Å²) < 4.78 is 5.77. The van der Waals surface area contributed by atoms with Crippen molar-refractivity contribution in [2.45, 2.75) is 13.5 Å². The highest BCUT2D eigenvalue weighted by molar-refractivity contribution is 5.94. The molecule has 4 nitrogen and oxygen atoms in total. The SMILES string of the molecule is Cc1ccc(COc2ccc(/C=N\NC(=O)c3ccccc3)cc2)cc1. The molecular weight excluding hydrogens is 324 g/mol. The molecule has 1 N–H and O–H groups in total. The number of amides is 1. The summed E-state index contributed by atoms with van der Waals surface area (Å²) in [5, 5.41) is 3.98. The van der Waals surface area contributed by atoms with Gasteiger partial charge in [-0.2, -0.15) is 5.10 Å². The monoisotopic (exact) mass is 344 g/mol. The van der Waals surface area contributed by atoms with Crippen LogP contribution in [0.5, 0.6) is 5.75 Å². The Hall–Kier alpha value is -3.40. The minimum atomic E-state index is -0.236. The summed E-state index contributed by atoms with van der Waals surface area (Å²) in [5.41, 5.74) is 6.32. The van der Waals surface area contributed by atoms with Crippen LogP contribution in [0, 0.1) is 6.92 Å². The van der Waals surface area contributed by atoms with Gasteiger partial charge in [-0.3, -0.25) is 4.79 Å². The van der Waals surface area contributed by atoms with E-state index in [0.717, 1.165) is 16.9 Å². The molecule has 0 aromatic heterocycles. The molecule has 0 radical (unpaired) electrons. The number of nitrogens with one attached hydrogen (secondary N) is 1. The second-order valence-electron chi connectivity index (χ2n) is 5.91. The molecule has 0 unspecified atom stereocenters. The van der Waals surface area contributed by atoms with Gasteiger partial charge in [0.1, 0.15) is 12.4 Å². The molecule has 26 heavy (non-hydrogen) atoms. The Morgan fingerprint density at radius 2 is 1.65 bits per heavy atom. The molecule has 0 spiro atoms. The van der Waals surface area contributed by atoms with Crippen LogP contribution in [0.25, 0.3) is 0 Å². The number of carbonyl (C=O) groups excluding carboxylic acids is 1. The van der Waals surface area contributed by atoms with E-state index >= 15 is 0 Å². The van der Waals surface area contributed by atoms with Crippen molar-refractivity contribution in [3.8, 4) is 5.75 Å². The summed E-state index contributed by atoms with van der Waals surface area (Å²) >= 11 is 0. The Kier molecular flexibility index (Phi) is 5.78. The van der Waals surface area contributed by atoms with Gasteiger partial charge in [0.2, 0.25) is 0 Å². The first-order chi connectivity index (χ1) is 12.7. The van der Waals surface area contributed by atoms with E-state index in [9.17, 15) is 4.79 Å². The summed E-state index contributed by atoms with van der Waals surface area (Å²) in [4.78, 5) is 11.9. The van der Waals surface area contributed by atoms with E-state index in [0.29, 0.717) is 12.2 Å². The van der Waals surface area contributed by atoms with Gasteiger partial charge in [-0.05, 0) is 54.4 Å². The van der Waals surface area contributed by atoms with Crippen molar-refractivity contribution in [2.75, 3.05) is 0 Å².